The summed E-state index contributed by atoms with van der Waals surface area (Å²) in [5, 5.41) is 2.12. The van der Waals surface area contributed by atoms with Crippen molar-refractivity contribution < 1.29 is 0 Å². The third-order valence-corrected chi connectivity index (χ3v) is 3.47. The molecule has 2 N–H and O–H groups in total. The molecule has 0 fully saturated rings. The molecule has 0 saturated carbocycles. The number of nitrogens with two attached hydrogens (primary N) is 1. The van der Waals surface area contributed by atoms with Gasteiger partial charge in [-0.25, -0.2) is 0 Å². The summed E-state index contributed by atoms with van der Waals surface area (Å²) < 4.78 is 0. The molecule has 0 aliphatic heterocycles. The molecular formula is C13H24N2S. The molecule has 1 aromatic heterocycles. The Balaban J connectivity index is 2.79. The molecule has 2 unspecified atom stereocenters. The van der Waals surface area contributed by atoms with Crippen LogP contribution in [0.15, 0.2) is 17.5 Å². The lowest BCUT2D eigenvalue weighted by Gasteiger charge is -2.35. The first-order valence-corrected chi connectivity index (χ1v) is 6.68. The van der Waals surface area contributed by atoms with Crippen molar-refractivity contribution in [3.63, 3.8) is 0 Å². The molecule has 0 saturated heterocycles. The van der Waals surface area contributed by atoms with Crippen molar-refractivity contribution in [2.24, 2.45) is 11.1 Å². The predicted molar refractivity (Wildman–Crippen MR) is 72.8 cm³/mol. The molecule has 0 radical (unpaired) electrons. The van der Waals surface area contributed by atoms with Gasteiger partial charge in [-0.2, -0.15) is 0 Å². The quantitative estimate of drug-likeness (QED) is 0.876. The Kier molecular flexibility index (Phi) is 4.53. The van der Waals surface area contributed by atoms with Gasteiger partial charge in [0.15, 0.2) is 0 Å². The first-order chi connectivity index (χ1) is 7.31. The lowest BCUT2D eigenvalue weighted by molar-refractivity contribution is 0.159. The van der Waals surface area contributed by atoms with Gasteiger partial charge in [0, 0.05) is 17.5 Å². The molecule has 3 heteroatoms. The van der Waals surface area contributed by atoms with Crippen LogP contribution in [0.3, 0.4) is 0 Å². The van der Waals surface area contributed by atoms with E-state index in [4.69, 9.17) is 5.73 Å². The summed E-state index contributed by atoms with van der Waals surface area (Å²) in [4.78, 5) is 3.73. The molecule has 92 valence electrons. The Bertz CT molecular complexity index is 298. The fourth-order valence-electron chi connectivity index (χ4n) is 2.18. The second kappa shape index (κ2) is 5.30. The van der Waals surface area contributed by atoms with E-state index >= 15 is 0 Å². The third kappa shape index (κ3) is 3.89. The molecule has 0 aromatic carbocycles. The highest BCUT2D eigenvalue weighted by Gasteiger charge is 2.25. The van der Waals surface area contributed by atoms with Gasteiger partial charge in [-0.3, -0.25) is 4.90 Å². The molecule has 0 aliphatic rings. The third-order valence-electron chi connectivity index (χ3n) is 2.53. The maximum atomic E-state index is 6.11. The van der Waals surface area contributed by atoms with E-state index in [-0.39, 0.29) is 6.04 Å². The van der Waals surface area contributed by atoms with Crippen molar-refractivity contribution in [1.29, 1.82) is 0 Å². The number of nitrogens with zero attached hydrogens (tertiary/aromatic N) is 1. The van der Waals surface area contributed by atoms with E-state index in [2.05, 4.69) is 57.2 Å². The molecule has 2 nitrogen and oxygen atoms in total. The summed E-state index contributed by atoms with van der Waals surface area (Å²) in [6, 6.07) is 4.77. The number of likely N-dealkylation sites (N-methyl/N-ethyl adjacent to an activating group) is 1. The minimum Gasteiger partial charge on any atom is -0.326 e. The molecule has 1 heterocycles. The number of thiophene rings is 1. The zero-order valence-corrected chi connectivity index (χ0v) is 11.8. The zero-order chi connectivity index (χ0) is 12.3. The average Bonchev–Trinajstić information content (AvgIpc) is 2.52. The van der Waals surface area contributed by atoms with Gasteiger partial charge in [-0.1, -0.05) is 26.8 Å². The standard InChI is InChI=1S/C13H24N2S/c1-10(14)12(11-7-6-8-16-11)15(5)9-13(2,3)4/h6-8,10,12H,9,14H2,1-5H3. The fourth-order valence-corrected chi connectivity index (χ4v) is 3.19. The molecule has 1 rings (SSSR count). The van der Waals surface area contributed by atoms with Crippen LogP contribution in [0.2, 0.25) is 0 Å². The van der Waals surface area contributed by atoms with Gasteiger partial charge in [0.05, 0.1) is 6.04 Å². The Morgan fingerprint density at radius 1 is 1.44 bits per heavy atom. The van der Waals surface area contributed by atoms with Crippen LogP contribution in [0, 0.1) is 5.41 Å². The van der Waals surface area contributed by atoms with E-state index in [9.17, 15) is 0 Å². The van der Waals surface area contributed by atoms with Crippen LogP contribution >= 0.6 is 11.3 Å². The van der Waals surface area contributed by atoms with Gasteiger partial charge < -0.3 is 5.73 Å². The maximum Gasteiger partial charge on any atom is 0.0588 e. The molecule has 0 bridgehead atoms. The number of rotatable bonds is 4. The van der Waals surface area contributed by atoms with Crippen molar-refractivity contribution in [3.8, 4) is 0 Å². The van der Waals surface area contributed by atoms with Crippen LogP contribution in [0.25, 0.3) is 0 Å². The van der Waals surface area contributed by atoms with Gasteiger partial charge in [0.2, 0.25) is 0 Å². The van der Waals surface area contributed by atoms with Crippen molar-refractivity contribution in [1.82, 2.24) is 4.90 Å². The van der Waals surface area contributed by atoms with Crippen molar-refractivity contribution in [2.45, 2.75) is 39.8 Å². The Morgan fingerprint density at radius 3 is 2.44 bits per heavy atom. The van der Waals surface area contributed by atoms with Crippen LogP contribution in [0.5, 0.6) is 0 Å². The minimum atomic E-state index is 0.158. The lowest BCUT2D eigenvalue weighted by Crippen LogP contribution is -2.40. The first kappa shape index (κ1) is 13.7. The second-order valence-corrected chi connectivity index (χ2v) is 6.77. The smallest absolute Gasteiger partial charge is 0.0588 e. The molecule has 1 aromatic rings. The van der Waals surface area contributed by atoms with E-state index < -0.39 is 0 Å². The van der Waals surface area contributed by atoms with Gasteiger partial charge in [-0.15, -0.1) is 11.3 Å². The largest absolute Gasteiger partial charge is 0.326 e. The van der Waals surface area contributed by atoms with Crippen molar-refractivity contribution in [2.75, 3.05) is 13.6 Å². The van der Waals surface area contributed by atoms with E-state index in [0.29, 0.717) is 11.5 Å². The highest BCUT2D eigenvalue weighted by molar-refractivity contribution is 7.10. The van der Waals surface area contributed by atoms with Gasteiger partial charge in [0.1, 0.15) is 0 Å². The monoisotopic (exact) mass is 240 g/mol. The number of hydrogen-bond donors (Lipinski definition) is 1. The van der Waals surface area contributed by atoms with Gasteiger partial charge in [0.25, 0.3) is 0 Å². The molecule has 0 amide bonds. The van der Waals surface area contributed by atoms with E-state index in [1.54, 1.807) is 11.3 Å². The van der Waals surface area contributed by atoms with E-state index in [1.165, 1.54) is 4.88 Å². The van der Waals surface area contributed by atoms with Crippen LogP contribution in [0.1, 0.15) is 38.6 Å². The van der Waals surface area contributed by atoms with Gasteiger partial charge in [-0.05, 0) is 30.8 Å². The van der Waals surface area contributed by atoms with E-state index in [0.717, 1.165) is 6.54 Å². The molecular weight excluding hydrogens is 216 g/mol. The van der Waals surface area contributed by atoms with Crippen LogP contribution in [-0.2, 0) is 0 Å². The minimum absolute atomic E-state index is 0.158. The summed E-state index contributed by atoms with van der Waals surface area (Å²) in [6.45, 7) is 9.92. The summed E-state index contributed by atoms with van der Waals surface area (Å²) in [6.07, 6.45) is 0. The summed E-state index contributed by atoms with van der Waals surface area (Å²) in [5.41, 5.74) is 6.42. The summed E-state index contributed by atoms with van der Waals surface area (Å²) >= 11 is 1.79. The zero-order valence-electron chi connectivity index (χ0n) is 11.0. The second-order valence-electron chi connectivity index (χ2n) is 5.80. The fraction of sp³-hybridized carbons (Fsp3) is 0.692. The van der Waals surface area contributed by atoms with Crippen LogP contribution < -0.4 is 5.73 Å². The van der Waals surface area contributed by atoms with Crippen molar-refractivity contribution >= 4 is 11.3 Å². The molecule has 2 atom stereocenters. The summed E-state index contributed by atoms with van der Waals surface area (Å²) in [7, 11) is 2.17. The lowest BCUT2D eigenvalue weighted by atomic mass is 9.94. The average molecular weight is 240 g/mol. The normalized spacial score (nSPS) is 16.4. The SMILES string of the molecule is CC(N)C(c1cccs1)N(C)CC(C)(C)C. The topological polar surface area (TPSA) is 29.3 Å². The Morgan fingerprint density at radius 2 is 2.06 bits per heavy atom. The Labute approximate surface area is 103 Å². The maximum absolute atomic E-state index is 6.11. The Hall–Kier alpha value is -0.380. The van der Waals surface area contributed by atoms with Crippen molar-refractivity contribution in [3.05, 3.63) is 22.4 Å². The first-order valence-electron chi connectivity index (χ1n) is 5.80. The van der Waals surface area contributed by atoms with Gasteiger partial charge >= 0.3 is 0 Å². The highest BCUT2D eigenvalue weighted by Crippen LogP contribution is 2.28. The highest BCUT2D eigenvalue weighted by atomic mass is 32.1. The summed E-state index contributed by atoms with van der Waals surface area (Å²) in [5.74, 6) is 0. The molecule has 0 spiro atoms. The predicted octanol–water partition coefficient (Wildman–Crippen LogP) is 3.11. The molecule has 0 aliphatic carbocycles. The molecule has 16 heavy (non-hydrogen) atoms. The van der Waals surface area contributed by atoms with E-state index in [1.807, 2.05) is 0 Å². The number of hydrogen-bond acceptors (Lipinski definition) is 3. The van der Waals surface area contributed by atoms with Crippen LogP contribution in [0.4, 0.5) is 0 Å². The van der Waals surface area contributed by atoms with Crippen LogP contribution in [-0.4, -0.2) is 24.5 Å².